The fourth-order valence-corrected chi connectivity index (χ4v) is 3.05. The zero-order valence-electron chi connectivity index (χ0n) is 13.8. The van der Waals surface area contributed by atoms with Crippen LogP contribution in [0.25, 0.3) is 5.52 Å². The Balaban J connectivity index is 1.52. The Kier molecular flexibility index (Phi) is 3.85. The number of carbonyl (C=O) groups is 1. The average molecular weight is 338 g/mol. The minimum atomic E-state index is -0.202. The van der Waals surface area contributed by atoms with Crippen molar-refractivity contribution < 1.29 is 9.53 Å². The van der Waals surface area contributed by atoms with Gasteiger partial charge in [0.05, 0.1) is 36.6 Å². The monoisotopic (exact) mass is 338 g/mol. The number of amides is 1. The summed E-state index contributed by atoms with van der Waals surface area (Å²) in [5, 5.41) is 2.81. The molecule has 2 N–H and O–H groups in total. The molecule has 25 heavy (non-hydrogen) atoms. The van der Waals surface area contributed by atoms with Gasteiger partial charge in [-0.1, -0.05) is 6.07 Å². The number of fused-ring (bicyclic) bond motifs is 2. The molecule has 128 valence electrons. The van der Waals surface area contributed by atoms with E-state index in [1.54, 1.807) is 6.20 Å². The first-order valence-electron chi connectivity index (χ1n) is 8.16. The molecular weight excluding hydrogens is 320 g/mol. The molecule has 4 rings (SSSR count). The molecule has 0 atom stereocenters. The first-order chi connectivity index (χ1) is 12.1. The number of carbonyl (C=O) groups excluding carboxylic acids is 1. The van der Waals surface area contributed by atoms with E-state index < -0.39 is 0 Å². The Bertz CT molecular complexity index is 1020. The van der Waals surface area contributed by atoms with Crippen molar-refractivity contribution in [3.8, 4) is 0 Å². The van der Waals surface area contributed by atoms with Crippen molar-refractivity contribution in [1.82, 2.24) is 19.7 Å². The van der Waals surface area contributed by atoms with E-state index in [9.17, 15) is 9.59 Å². The standard InChI is InChI=1S/C18H18N4O3/c1-11-3-2-5-22-9-12(7-15(11)22)17(23)19-8-16-20-14-4-6-25-10-13(14)18(24)21-16/h2-3,5,7,9H,4,6,8,10H2,1H3,(H,19,23)(H,20,21,24). The number of nitrogens with zero attached hydrogens (tertiary/aromatic N) is 2. The molecule has 0 saturated heterocycles. The second-order valence-corrected chi connectivity index (χ2v) is 6.14. The molecule has 1 aliphatic heterocycles. The highest BCUT2D eigenvalue weighted by atomic mass is 16.5. The molecule has 0 saturated carbocycles. The Labute approximate surface area is 143 Å². The van der Waals surface area contributed by atoms with Crippen LogP contribution >= 0.6 is 0 Å². The van der Waals surface area contributed by atoms with Crippen LogP contribution in [0, 0.1) is 6.92 Å². The van der Waals surface area contributed by atoms with Gasteiger partial charge in [0.1, 0.15) is 5.82 Å². The molecule has 3 aromatic heterocycles. The van der Waals surface area contributed by atoms with Crippen molar-refractivity contribution in [2.45, 2.75) is 26.5 Å². The molecule has 0 aliphatic carbocycles. The van der Waals surface area contributed by atoms with Crippen LogP contribution < -0.4 is 10.9 Å². The smallest absolute Gasteiger partial charge is 0.256 e. The van der Waals surface area contributed by atoms with E-state index in [4.69, 9.17) is 4.74 Å². The van der Waals surface area contributed by atoms with Crippen LogP contribution in [0.15, 0.2) is 35.4 Å². The van der Waals surface area contributed by atoms with Gasteiger partial charge in [0.25, 0.3) is 11.5 Å². The SMILES string of the molecule is Cc1cccn2cc(C(=O)NCc3nc4c(c(=O)[nH]3)COCC4)cc12. The van der Waals surface area contributed by atoms with Crippen LogP contribution in [-0.4, -0.2) is 26.9 Å². The minimum Gasteiger partial charge on any atom is -0.376 e. The topological polar surface area (TPSA) is 88.5 Å². The number of hydrogen-bond donors (Lipinski definition) is 2. The summed E-state index contributed by atoms with van der Waals surface area (Å²) in [6.07, 6.45) is 4.31. The van der Waals surface area contributed by atoms with Gasteiger partial charge in [-0.15, -0.1) is 0 Å². The van der Waals surface area contributed by atoms with Gasteiger partial charge in [0.2, 0.25) is 0 Å². The molecule has 0 unspecified atom stereocenters. The number of hydrogen-bond acceptors (Lipinski definition) is 4. The van der Waals surface area contributed by atoms with Gasteiger partial charge < -0.3 is 19.4 Å². The van der Waals surface area contributed by atoms with Crippen LogP contribution in [-0.2, 0) is 24.3 Å². The number of rotatable bonds is 3. The van der Waals surface area contributed by atoms with E-state index in [2.05, 4.69) is 15.3 Å². The lowest BCUT2D eigenvalue weighted by molar-refractivity contribution is 0.0948. The molecule has 0 spiro atoms. The lowest BCUT2D eigenvalue weighted by atomic mass is 10.1. The van der Waals surface area contributed by atoms with E-state index in [0.29, 0.717) is 36.6 Å². The maximum atomic E-state index is 12.4. The summed E-state index contributed by atoms with van der Waals surface area (Å²) in [6.45, 7) is 3.03. The predicted molar refractivity (Wildman–Crippen MR) is 91.5 cm³/mol. The molecule has 0 aromatic carbocycles. The summed E-state index contributed by atoms with van der Waals surface area (Å²) < 4.78 is 7.20. The average Bonchev–Trinajstić information content (AvgIpc) is 3.06. The van der Waals surface area contributed by atoms with E-state index in [-0.39, 0.29) is 18.0 Å². The second-order valence-electron chi connectivity index (χ2n) is 6.14. The van der Waals surface area contributed by atoms with Crippen molar-refractivity contribution >= 4 is 11.4 Å². The van der Waals surface area contributed by atoms with Crippen LogP contribution in [0.2, 0.25) is 0 Å². The van der Waals surface area contributed by atoms with E-state index in [0.717, 1.165) is 16.8 Å². The maximum Gasteiger partial charge on any atom is 0.256 e. The van der Waals surface area contributed by atoms with E-state index in [1.165, 1.54) is 0 Å². The molecule has 0 fully saturated rings. The number of ether oxygens (including phenoxy) is 1. The summed E-state index contributed by atoms with van der Waals surface area (Å²) in [6, 6.07) is 5.79. The van der Waals surface area contributed by atoms with Gasteiger partial charge in [0, 0.05) is 24.3 Å². The molecule has 1 amide bonds. The molecule has 0 bridgehead atoms. The maximum absolute atomic E-state index is 12.4. The summed E-state index contributed by atoms with van der Waals surface area (Å²) in [7, 11) is 0. The zero-order chi connectivity index (χ0) is 17.4. The third-order valence-electron chi connectivity index (χ3n) is 4.40. The fourth-order valence-electron chi connectivity index (χ4n) is 3.05. The van der Waals surface area contributed by atoms with Crippen LogP contribution in [0.3, 0.4) is 0 Å². The number of aryl methyl sites for hydroxylation is 1. The molecule has 4 heterocycles. The summed E-state index contributed by atoms with van der Waals surface area (Å²) >= 11 is 0. The number of aromatic nitrogens is 3. The molecule has 3 aromatic rings. The second kappa shape index (κ2) is 6.18. The first kappa shape index (κ1) is 15.6. The summed E-state index contributed by atoms with van der Waals surface area (Å²) in [4.78, 5) is 31.6. The van der Waals surface area contributed by atoms with Crippen molar-refractivity contribution in [2.24, 2.45) is 0 Å². The fraction of sp³-hybridized carbons (Fsp3) is 0.278. The van der Waals surface area contributed by atoms with Crippen LogP contribution in [0.4, 0.5) is 0 Å². The lowest BCUT2D eigenvalue weighted by Crippen LogP contribution is -2.29. The number of pyridine rings is 1. The minimum absolute atomic E-state index is 0.174. The quantitative estimate of drug-likeness (QED) is 0.754. The number of H-pyrrole nitrogens is 1. The predicted octanol–water partition coefficient (Wildman–Crippen LogP) is 1.33. The Morgan fingerprint density at radius 1 is 1.48 bits per heavy atom. The number of nitrogens with one attached hydrogen (secondary N) is 2. The molecule has 7 nitrogen and oxygen atoms in total. The molecule has 0 radical (unpaired) electrons. The molecule has 7 heteroatoms. The van der Waals surface area contributed by atoms with Gasteiger partial charge in [-0.25, -0.2) is 4.98 Å². The Morgan fingerprint density at radius 3 is 3.20 bits per heavy atom. The molecular formula is C18H18N4O3. The van der Waals surface area contributed by atoms with Gasteiger partial charge in [-0.3, -0.25) is 9.59 Å². The Morgan fingerprint density at radius 2 is 2.36 bits per heavy atom. The highest BCUT2D eigenvalue weighted by Gasteiger charge is 2.16. The third-order valence-corrected chi connectivity index (χ3v) is 4.40. The normalized spacial score (nSPS) is 13.6. The summed E-state index contributed by atoms with van der Waals surface area (Å²) in [5.74, 6) is 0.255. The van der Waals surface area contributed by atoms with Crippen molar-refractivity contribution in [2.75, 3.05) is 6.61 Å². The van der Waals surface area contributed by atoms with Gasteiger partial charge in [0.15, 0.2) is 0 Å². The van der Waals surface area contributed by atoms with Crippen molar-refractivity contribution in [3.63, 3.8) is 0 Å². The zero-order valence-corrected chi connectivity index (χ0v) is 13.8. The van der Waals surface area contributed by atoms with Gasteiger partial charge >= 0.3 is 0 Å². The summed E-state index contributed by atoms with van der Waals surface area (Å²) in [5.41, 5.74) is 3.81. The highest BCUT2D eigenvalue weighted by molar-refractivity contribution is 5.95. The van der Waals surface area contributed by atoms with Crippen molar-refractivity contribution in [3.05, 3.63) is 69.2 Å². The largest absolute Gasteiger partial charge is 0.376 e. The third kappa shape index (κ3) is 2.94. The van der Waals surface area contributed by atoms with Crippen LogP contribution in [0.1, 0.15) is 33.0 Å². The van der Waals surface area contributed by atoms with E-state index in [1.807, 2.05) is 35.7 Å². The van der Waals surface area contributed by atoms with Crippen LogP contribution in [0.5, 0.6) is 0 Å². The lowest BCUT2D eigenvalue weighted by Gasteiger charge is -2.15. The highest BCUT2D eigenvalue weighted by Crippen LogP contribution is 2.14. The first-order valence-corrected chi connectivity index (χ1v) is 8.16. The van der Waals surface area contributed by atoms with Gasteiger partial charge in [-0.05, 0) is 24.6 Å². The van der Waals surface area contributed by atoms with Crippen molar-refractivity contribution in [1.29, 1.82) is 0 Å². The van der Waals surface area contributed by atoms with E-state index >= 15 is 0 Å². The molecule has 1 aliphatic rings. The number of aromatic amines is 1. The Hall–Kier alpha value is -2.93. The van der Waals surface area contributed by atoms with Gasteiger partial charge in [-0.2, -0.15) is 0 Å².